The van der Waals surface area contributed by atoms with Crippen molar-refractivity contribution < 1.29 is 9.59 Å². The molecule has 2 fully saturated rings. The Bertz CT molecular complexity index is 959. The highest BCUT2D eigenvalue weighted by molar-refractivity contribution is 7.99. The fourth-order valence-corrected chi connectivity index (χ4v) is 6.10. The van der Waals surface area contributed by atoms with Crippen molar-refractivity contribution in [2.24, 2.45) is 0 Å². The number of rotatable bonds is 2. The number of hydrogen-bond donors (Lipinski definition) is 0. The molecule has 3 heterocycles. The van der Waals surface area contributed by atoms with Gasteiger partial charge >= 0.3 is 0 Å². The van der Waals surface area contributed by atoms with Crippen LogP contribution in [0.3, 0.4) is 0 Å². The van der Waals surface area contributed by atoms with Crippen LogP contribution < -0.4 is 0 Å². The van der Waals surface area contributed by atoms with Gasteiger partial charge in [-0.1, -0.05) is 36.4 Å². The normalized spacial score (nSPS) is 20.4. The molecule has 1 amide bonds. The summed E-state index contributed by atoms with van der Waals surface area (Å²) in [5.74, 6) is 0.234. The van der Waals surface area contributed by atoms with Crippen LogP contribution in [0, 0.1) is 0 Å². The van der Waals surface area contributed by atoms with Crippen LogP contribution >= 0.6 is 11.8 Å². The van der Waals surface area contributed by atoms with Crippen LogP contribution in [0.15, 0.2) is 52.3 Å². The van der Waals surface area contributed by atoms with Crippen LogP contribution in [0.5, 0.6) is 0 Å². The van der Waals surface area contributed by atoms with E-state index in [1.54, 1.807) is 11.8 Å². The van der Waals surface area contributed by atoms with Gasteiger partial charge in [0.15, 0.2) is 5.78 Å². The molecule has 0 saturated carbocycles. The second-order valence-corrected chi connectivity index (χ2v) is 9.72. The van der Waals surface area contributed by atoms with Gasteiger partial charge in [0.25, 0.3) is 5.91 Å². The van der Waals surface area contributed by atoms with Crippen LogP contribution in [0.1, 0.15) is 58.4 Å². The molecule has 4 nitrogen and oxygen atoms in total. The maximum Gasteiger partial charge on any atom is 0.253 e. The van der Waals surface area contributed by atoms with Crippen molar-refractivity contribution in [2.45, 2.75) is 54.4 Å². The summed E-state index contributed by atoms with van der Waals surface area (Å²) in [6.07, 6.45) is 6.49. The first-order valence-corrected chi connectivity index (χ1v) is 12.0. The number of amides is 1. The molecule has 0 aliphatic carbocycles. The molecule has 0 aromatic heterocycles. The molecule has 5 rings (SSSR count). The number of ketones is 1. The van der Waals surface area contributed by atoms with Crippen molar-refractivity contribution in [3.05, 3.63) is 59.2 Å². The van der Waals surface area contributed by atoms with Crippen molar-refractivity contribution >= 4 is 23.5 Å². The first kappa shape index (κ1) is 19.8. The van der Waals surface area contributed by atoms with Crippen molar-refractivity contribution in [3.8, 4) is 0 Å². The monoisotopic (exact) mass is 420 g/mol. The second-order valence-electron chi connectivity index (χ2n) is 8.64. The van der Waals surface area contributed by atoms with Crippen LogP contribution in [-0.4, -0.2) is 53.7 Å². The molecule has 3 aliphatic heterocycles. The summed E-state index contributed by atoms with van der Waals surface area (Å²) < 4.78 is 0. The molecule has 2 aromatic rings. The van der Waals surface area contributed by atoms with E-state index in [-0.39, 0.29) is 11.7 Å². The number of fused-ring (bicyclic) bond motifs is 2. The van der Waals surface area contributed by atoms with Gasteiger partial charge in [0.2, 0.25) is 0 Å². The molecule has 0 atom stereocenters. The number of hydrogen-bond acceptors (Lipinski definition) is 4. The van der Waals surface area contributed by atoms with E-state index < -0.39 is 0 Å². The maximum atomic E-state index is 13.2. The fraction of sp³-hybridized carbons (Fsp3) is 0.440. The third-order valence-electron chi connectivity index (χ3n) is 6.72. The fourth-order valence-electron chi connectivity index (χ4n) is 5.02. The average Bonchev–Trinajstić information content (AvgIpc) is 2.94. The van der Waals surface area contributed by atoms with Crippen molar-refractivity contribution in [1.29, 1.82) is 0 Å². The molecule has 0 spiro atoms. The topological polar surface area (TPSA) is 40.6 Å². The lowest BCUT2D eigenvalue weighted by Crippen LogP contribution is -2.48. The molecule has 0 bridgehead atoms. The molecule has 0 radical (unpaired) electrons. The standard InChI is InChI=1S/C25H28N2O2S/c28-22-17-19-16-18(8-9-23(19)30-24-7-3-2-6-21(22)24)25(29)27-14-10-20(11-15-27)26-12-4-1-5-13-26/h2-3,6-9,16,20H,1,4-5,10-15,17H2. The molecule has 156 valence electrons. The van der Waals surface area contributed by atoms with Gasteiger partial charge < -0.3 is 9.80 Å². The zero-order valence-corrected chi connectivity index (χ0v) is 18.1. The van der Waals surface area contributed by atoms with Crippen molar-refractivity contribution in [2.75, 3.05) is 26.2 Å². The van der Waals surface area contributed by atoms with E-state index in [0.29, 0.717) is 18.0 Å². The van der Waals surface area contributed by atoms with E-state index in [1.165, 1.54) is 32.4 Å². The summed E-state index contributed by atoms with van der Waals surface area (Å²) in [6, 6.07) is 14.3. The third kappa shape index (κ3) is 3.93. The maximum absolute atomic E-state index is 13.2. The Balaban J connectivity index is 1.28. The summed E-state index contributed by atoms with van der Waals surface area (Å²) in [5, 5.41) is 0. The van der Waals surface area contributed by atoms with Gasteiger partial charge in [-0.3, -0.25) is 9.59 Å². The minimum Gasteiger partial charge on any atom is -0.339 e. The SMILES string of the molecule is O=C1Cc2cc(C(=O)N3CCC(N4CCCCC4)CC3)ccc2Sc2ccccc21. The summed E-state index contributed by atoms with van der Waals surface area (Å²) in [6.45, 7) is 4.10. The Morgan fingerprint density at radius 2 is 1.67 bits per heavy atom. The number of piperidine rings is 2. The average molecular weight is 421 g/mol. The van der Waals surface area contributed by atoms with Gasteiger partial charge in [-0.25, -0.2) is 0 Å². The van der Waals surface area contributed by atoms with E-state index in [0.717, 1.165) is 46.8 Å². The van der Waals surface area contributed by atoms with E-state index >= 15 is 0 Å². The summed E-state index contributed by atoms with van der Waals surface area (Å²) in [5.41, 5.74) is 2.46. The van der Waals surface area contributed by atoms with E-state index in [9.17, 15) is 9.59 Å². The first-order valence-electron chi connectivity index (χ1n) is 11.2. The number of carbonyl (C=O) groups is 2. The minimum atomic E-state index is 0.106. The molecule has 0 N–H and O–H groups in total. The molecule has 0 unspecified atom stereocenters. The Morgan fingerprint density at radius 1 is 0.900 bits per heavy atom. The molecular weight excluding hydrogens is 392 g/mol. The zero-order valence-electron chi connectivity index (χ0n) is 17.3. The number of Topliss-reactive ketones (excluding diaryl/α,β-unsaturated/α-hetero) is 1. The van der Waals surface area contributed by atoms with Crippen LogP contribution in [0.4, 0.5) is 0 Å². The predicted molar refractivity (Wildman–Crippen MR) is 119 cm³/mol. The Labute approximate surface area is 182 Å². The molecule has 30 heavy (non-hydrogen) atoms. The number of benzene rings is 2. The quantitative estimate of drug-likeness (QED) is 0.708. The lowest BCUT2D eigenvalue weighted by molar-refractivity contribution is 0.0589. The Hall–Kier alpha value is -2.11. The van der Waals surface area contributed by atoms with Gasteiger partial charge in [0.1, 0.15) is 0 Å². The largest absolute Gasteiger partial charge is 0.339 e. The highest BCUT2D eigenvalue weighted by Crippen LogP contribution is 2.37. The predicted octanol–water partition coefficient (Wildman–Crippen LogP) is 4.67. The van der Waals surface area contributed by atoms with Crippen LogP contribution in [-0.2, 0) is 6.42 Å². The smallest absolute Gasteiger partial charge is 0.253 e. The van der Waals surface area contributed by atoms with Gasteiger partial charge in [-0.15, -0.1) is 0 Å². The minimum absolute atomic E-state index is 0.106. The molecule has 2 saturated heterocycles. The summed E-state index contributed by atoms with van der Waals surface area (Å²) in [4.78, 5) is 32.6. The van der Waals surface area contributed by atoms with Crippen LogP contribution in [0.25, 0.3) is 0 Å². The van der Waals surface area contributed by atoms with Crippen molar-refractivity contribution in [3.63, 3.8) is 0 Å². The lowest BCUT2D eigenvalue weighted by Gasteiger charge is -2.40. The second kappa shape index (κ2) is 8.56. The van der Waals surface area contributed by atoms with Gasteiger partial charge in [0, 0.05) is 46.5 Å². The zero-order chi connectivity index (χ0) is 20.5. The highest BCUT2D eigenvalue weighted by atomic mass is 32.2. The summed E-state index contributed by atoms with van der Waals surface area (Å²) in [7, 11) is 0. The number of carbonyl (C=O) groups excluding carboxylic acids is 2. The third-order valence-corrected chi connectivity index (χ3v) is 7.92. The Kier molecular flexibility index (Phi) is 5.66. The number of nitrogens with zero attached hydrogens (tertiary/aromatic N) is 2. The lowest BCUT2D eigenvalue weighted by atomic mass is 9.98. The van der Waals surface area contributed by atoms with Crippen molar-refractivity contribution in [1.82, 2.24) is 9.80 Å². The highest BCUT2D eigenvalue weighted by Gasteiger charge is 2.29. The Morgan fingerprint density at radius 3 is 2.47 bits per heavy atom. The molecular formula is C25H28N2O2S. The van der Waals surface area contributed by atoms with Crippen LogP contribution in [0.2, 0.25) is 0 Å². The molecule has 5 heteroatoms. The number of likely N-dealkylation sites (tertiary alicyclic amines) is 2. The van der Waals surface area contributed by atoms with E-state index in [2.05, 4.69) is 4.90 Å². The van der Waals surface area contributed by atoms with E-state index in [1.807, 2.05) is 47.4 Å². The summed E-state index contributed by atoms with van der Waals surface area (Å²) >= 11 is 1.63. The van der Waals surface area contributed by atoms with Gasteiger partial charge in [-0.2, -0.15) is 0 Å². The molecule has 2 aromatic carbocycles. The van der Waals surface area contributed by atoms with E-state index in [4.69, 9.17) is 0 Å². The molecule has 3 aliphatic rings. The van der Waals surface area contributed by atoms with Gasteiger partial charge in [0.05, 0.1) is 0 Å². The van der Waals surface area contributed by atoms with Gasteiger partial charge in [-0.05, 0) is 68.6 Å². The first-order chi connectivity index (χ1) is 14.7.